The van der Waals surface area contributed by atoms with Gasteiger partial charge >= 0.3 is 0 Å². The van der Waals surface area contributed by atoms with E-state index in [1.165, 1.54) is 40.6 Å². The van der Waals surface area contributed by atoms with E-state index in [1.807, 2.05) is 0 Å². The summed E-state index contributed by atoms with van der Waals surface area (Å²) in [4.78, 5) is 0. The second-order valence-corrected chi connectivity index (χ2v) is 7.71. The van der Waals surface area contributed by atoms with Crippen LogP contribution in [0.2, 0.25) is 0 Å². The molecule has 186 valence electrons. The van der Waals surface area contributed by atoms with Gasteiger partial charge in [-0.3, -0.25) is 0 Å². The predicted molar refractivity (Wildman–Crippen MR) is 111 cm³/mol. The Morgan fingerprint density at radius 2 is 1.06 bits per heavy atom. The Hall–Kier alpha value is -1.45. The van der Waals surface area contributed by atoms with E-state index in [1.54, 1.807) is 0 Å². The van der Waals surface area contributed by atoms with Crippen molar-refractivity contribution < 1.29 is 40.9 Å². The van der Waals surface area contributed by atoms with Gasteiger partial charge in [-0.2, -0.15) is 8.78 Å². The van der Waals surface area contributed by atoms with Gasteiger partial charge in [0.1, 0.15) is 0 Å². The van der Waals surface area contributed by atoms with E-state index in [4.69, 9.17) is 18.9 Å². The second-order valence-electron chi connectivity index (χ2n) is 7.71. The molecule has 0 heterocycles. The molecule has 1 aromatic rings. The fraction of sp³-hybridized carbons (Fsp3) is 0.739. The zero-order valence-corrected chi connectivity index (χ0v) is 19.4. The fourth-order valence-electron chi connectivity index (χ4n) is 3.80. The standard InChI is InChI=1S/C23H35F5O4/c1-5-6-7-8-9-10-13-16(23(29-2,30-3)31-4)14-11-12-15-32-22-20(27)18(25)17(24)19(26)21(22)28/h16H,5-15H2,1-4H3. The fourth-order valence-corrected chi connectivity index (χ4v) is 3.80. The zero-order valence-electron chi connectivity index (χ0n) is 19.4. The van der Waals surface area contributed by atoms with Crippen LogP contribution >= 0.6 is 0 Å². The lowest BCUT2D eigenvalue weighted by molar-refractivity contribution is -0.380. The Kier molecular flexibility index (Phi) is 13.1. The van der Waals surface area contributed by atoms with E-state index in [2.05, 4.69) is 6.92 Å². The number of rotatable bonds is 17. The largest absolute Gasteiger partial charge is 0.487 e. The van der Waals surface area contributed by atoms with Crippen molar-refractivity contribution in [2.45, 2.75) is 77.1 Å². The number of unbranched alkanes of at least 4 members (excludes halogenated alkanes) is 6. The molecule has 0 aliphatic carbocycles. The number of ether oxygens (including phenoxy) is 4. The van der Waals surface area contributed by atoms with Crippen molar-refractivity contribution in [3.05, 3.63) is 29.1 Å². The van der Waals surface area contributed by atoms with Crippen LogP contribution in [0.25, 0.3) is 0 Å². The Bertz CT molecular complexity index is 646. The van der Waals surface area contributed by atoms with Crippen molar-refractivity contribution in [2.75, 3.05) is 27.9 Å². The van der Waals surface area contributed by atoms with Crippen LogP contribution in [0.4, 0.5) is 22.0 Å². The maximum absolute atomic E-state index is 13.7. The molecule has 1 unspecified atom stereocenters. The smallest absolute Gasteiger partial charge is 0.285 e. The van der Waals surface area contributed by atoms with Gasteiger partial charge in [0.05, 0.1) is 6.61 Å². The molecule has 0 amide bonds. The molecule has 0 radical (unpaired) electrons. The van der Waals surface area contributed by atoms with E-state index >= 15 is 0 Å². The van der Waals surface area contributed by atoms with Crippen LogP contribution < -0.4 is 4.74 Å². The number of methoxy groups -OCH3 is 3. The third-order valence-corrected chi connectivity index (χ3v) is 5.62. The monoisotopic (exact) mass is 470 g/mol. The first-order chi connectivity index (χ1) is 15.3. The first-order valence-corrected chi connectivity index (χ1v) is 11.1. The molecule has 0 fully saturated rings. The quantitative estimate of drug-likeness (QED) is 0.0817. The molecule has 9 heteroatoms. The second kappa shape index (κ2) is 14.6. The molecular formula is C23H35F5O4. The van der Waals surface area contributed by atoms with Crippen LogP contribution in [0.15, 0.2) is 0 Å². The van der Waals surface area contributed by atoms with Crippen LogP contribution in [-0.2, 0) is 14.2 Å². The molecule has 4 nitrogen and oxygen atoms in total. The SMILES string of the molecule is CCCCCCCCC(CCCCOc1c(F)c(F)c(F)c(F)c1F)C(OC)(OC)OC. The summed E-state index contributed by atoms with van der Waals surface area (Å²) in [5.74, 6) is -12.8. The van der Waals surface area contributed by atoms with E-state index in [0.29, 0.717) is 19.3 Å². The first kappa shape index (κ1) is 28.6. The Morgan fingerprint density at radius 1 is 0.625 bits per heavy atom. The van der Waals surface area contributed by atoms with Crippen molar-refractivity contribution in [2.24, 2.45) is 5.92 Å². The molecular weight excluding hydrogens is 435 g/mol. The van der Waals surface area contributed by atoms with Gasteiger partial charge in [0.2, 0.25) is 29.1 Å². The van der Waals surface area contributed by atoms with Gasteiger partial charge in [0.25, 0.3) is 5.97 Å². The minimum atomic E-state index is -2.21. The summed E-state index contributed by atoms with van der Waals surface area (Å²) in [5, 5.41) is 0. The van der Waals surface area contributed by atoms with Gasteiger partial charge in [-0.1, -0.05) is 45.4 Å². The van der Waals surface area contributed by atoms with Gasteiger partial charge in [0, 0.05) is 27.2 Å². The summed E-state index contributed by atoms with van der Waals surface area (Å²) in [7, 11) is 4.48. The van der Waals surface area contributed by atoms with Gasteiger partial charge < -0.3 is 18.9 Å². The van der Waals surface area contributed by atoms with Crippen LogP contribution in [0.5, 0.6) is 5.75 Å². The summed E-state index contributed by atoms with van der Waals surface area (Å²) in [6.45, 7) is 1.96. The highest BCUT2D eigenvalue weighted by molar-refractivity contribution is 5.29. The molecule has 1 aromatic carbocycles. The van der Waals surface area contributed by atoms with Crippen LogP contribution in [0.1, 0.15) is 71.1 Å². The van der Waals surface area contributed by atoms with Gasteiger partial charge in [0.15, 0.2) is 5.75 Å². The molecule has 0 aliphatic heterocycles. The lowest BCUT2D eigenvalue weighted by Gasteiger charge is -2.36. The van der Waals surface area contributed by atoms with Gasteiger partial charge in [-0.05, 0) is 25.7 Å². The predicted octanol–water partition coefficient (Wildman–Crippen LogP) is 6.89. The average molecular weight is 471 g/mol. The summed E-state index contributed by atoms with van der Waals surface area (Å²) >= 11 is 0. The van der Waals surface area contributed by atoms with Gasteiger partial charge in [-0.25, -0.2) is 13.2 Å². The molecule has 1 rings (SSSR count). The molecule has 0 spiro atoms. The summed E-state index contributed by atoms with van der Waals surface area (Å²) < 4.78 is 88.4. The number of hydrogen-bond donors (Lipinski definition) is 0. The molecule has 0 aliphatic rings. The Balaban J connectivity index is 2.63. The number of hydrogen-bond acceptors (Lipinski definition) is 4. The van der Waals surface area contributed by atoms with Crippen molar-refractivity contribution >= 4 is 0 Å². The molecule has 0 saturated heterocycles. The van der Waals surface area contributed by atoms with Crippen molar-refractivity contribution in [3.8, 4) is 5.75 Å². The van der Waals surface area contributed by atoms with E-state index in [9.17, 15) is 22.0 Å². The number of halogens is 5. The summed E-state index contributed by atoms with van der Waals surface area (Å²) in [6, 6.07) is 0. The van der Waals surface area contributed by atoms with Gasteiger partial charge in [-0.15, -0.1) is 0 Å². The molecule has 1 atom stereocenters. The topological polar surface area (TPSA) is 36.9 Å². The van der Waals surface area contributed by atoms with Crippen LogP contribution in [0, 0.1) is 35.0 Å². The highest BCUT2D eigenvalue weighted by Crippen LogP contribution is 2.33. The highest BCUT2D eigenvalue weighted by Gasteiger charge is 2.39. The maximum Gasteiger partial charge on any atom is 0.285 e. The molecule has 32 heavy (non-hydrogen) atoms. The third-order valence-electron chi connectivity index (χ3n) is 5.62. The lowest BCUT2D eigenvalue weighted by Crippen LogP contribution is -2.44. The minimum Gasteiger partial charge on any atom is -0.487 e. The molecule has 0 N–H and O–H groups in total. The zero-order chi connectivity index (χ0) is 24.1. The van der Waals surface area contributed by atoms with Crippen LogP contribution in [0.3, 0.4) is 0 Å². The van der Waals surface area contributed by atoms with Crippen molar-refractivity contribution in [1.29, 1.82) is 0 Å². The molecule has 0 aromatic heterocycles. The van der Waals surface area contributed by atoms with E-state index in [-0.39, 0.29) is 12.5 Å². The van der Waals surface area contributed by atoms with Crippen molar-refractivity contribution in [1.82, 2.24) is 0 Å². The third kappa shape index (κ3) is 7.56. The normalized spacial score (nSPS) is 12.9. The van der Waals surface area contributed by atoms with Crippen LogP contribution in [-0.4, -0.2) is 33.9 Å². The minimum absolute atomic E-state index is 0.108. The molecule has 0 saturated carbocycles. The Morgan fingerprint density at radius 3 is 1.56 bits per heavy atom. The highest BCUT2D eigenvalue weighted by atomic mass is 19.2. The average Bonchev–Trinajstić information content (AvgIpc) is 2.81. The van der Waals surface area contributed by atoms with Crippen molar-refractivity contribution in [3.63, 3.8) is 0 Å². The van der Waals surface area contributed by atoms with E-state index in [0.717, 1.165) is 25.7 Å². The molecule has 0 bridgehead atoms. The summed E-state index contributed by atoms with van der Waals surface area (Å²) in [5.41, 5.74) is 0. The Labute approximate surface area is 187 Å². The number of benzene rings is 1. The lowest BCUT2D eigenvalue weighted by atomic mass is 9.92. The first-order valence-electron chi connectivity index (χ1n) is 11.1. The maximum atomic E-state index is 13.7. The van der Waals surface area contributed by atoms with E-state index < -0.39 is 40.8 Å². The summed E-state index contributed by atoms with van der Waals surface area (Å²) in [6.07, 6.45) is 9.05.